The van der Waals surface area contributed by atoms with Gasteiger partial charge in [0.1, 0.15) is 5.75 Å². The lowest BCUT2D eigenvalue weighted by molar-refractivity contribution is 0.220. The lowest BCUT2D eigenvalue weighted by atomic mass is 10.1. The second kappa shape index (κ2) is 12.2. The molecule has 1 aromatic heterocycles. The molecule has 33 heavy (non-hydrogen) atoms. The number of benzene rings is 2. The average Bonchev–Trinajstić information content (AvgIpc) is 3.19. The van der Waals surface area contributed by atoms with Crippen LogP contribution in [0.15, 0.2) is 53.4 Å². The summed E-state index contributed by atoms with van der Waals surface area (Å²) >= 11 is 7.37. The SMILES string of the molecule is Cn1nc(NSc2ccc(Cl)cc2)nc1NCCCOc1cccc(CN2CCCCC2)c1. The van der Waals surface area contributed by atoms with E-state index in [-0.39, 0.29) is 0 Å². The number of likely N-dealkylation sites (tertiary alicyclic amines) is 1. The van der Waals surface area contributed by atoms with Crippen molar-refractivity contribution < 1.29 is 4.74 Å². The highest BCUT2D eigenvalue weighted by atomic mass is 35.5. The molecule has 2 aromatic carbocycles. The zero-order valence-corrected chi connectivity index (χ0v) is 20.5. The van der Waals surface area contributed by atoms with Crippen LogP contribution in [0.4, 0.5) is 11.9 Å². The summed E-state index contributed by atoms with van der Waals surface area (Å²) in [5.41, 5.74) is 1.32. The van der Waals surface area contributed by atoms with Crippen molar-refractivity contribution in [2.24, 2.45) is 7.05 Å². The van der Waals surface area contributed by atoms with Gasteiger partial charge in [0.25, 0.3) is 5.95 Å². The van der Waals surface area contributed by atoms with Gasteiger partial charge in [0.2, 0.25) is 5.95 Å². The zero-order valence-electron chi connectivity index (χ0n) is 19.0. The van der Waals surface area contributed by atoms with E-state index in [1.807, 2.05) is 37.4 Å². The molecule has 1 saturated heterocycles. The Labute approximate surface area is 205 Å². The molecule has 0 spiro atoms. The van der Waals surface area contributed by atoms with Gasteiger partial charge < -0.3 is 10.1 Å². The van der Waals surface area contributed by atoms with E-state index < -0.39 is 0 Å². The van der Waals surface area contributed by atoms with Crippen LogP contribution >= 0.6 is 23.5 Å². The lowest BCUT2D eigenvalue weighted by Crippen LogP contribution is -2.29. The van der Waals surface area contributed by atoms with Gasteiger partial charge in [-0.05, 0) is 86.3 Å². The molecule has 0 bridgehead atoms. The fraction of sp³-hybridized carbons (Fsp3) is 0.417. The van der Waals surface area contributed by atoms with E-state index in [0.29, 0.717) is 12.6 Å². The first-order chi connectivity index (χ1) is 16.2. The summed E-state index contributed by atoms with van der Waals surface area (Å²) < 4.78 is 10.9. The summed E-state index contributed by atoms with van der Waals surface area (Å²) in [4.78, 5) is 8.08. The van der Waals surface area contributed by atoms with Gasteiger partial charge in [-0.1, -0.05) is 30.2 Å². The summed E-state index contributed by atoms with van der Waals surface area (Å²) in [6.45, 7) is 4.82. The molecule has 0 amide bonds. The zero-order chi connectivity index (χ0) is 22.9. The molecular formula is C24H31ClN6OS. The first kappa shape index (κ1) is 23.7. The average molecular weight is 487 g/mol. The number of aromatic nitrogens is 3. The predicted molar refractivity (Wildman–Crippen MR) is 136 cm³/mol. The molecule has 2 heterocycles. The fourth-order valence-corrected chi connectivity index (χ4v) is 4.45. The van der Waals surface area contributed by atoms with E-state index in [4.69, 9.17) is 16.3 Å². The van der Waals surface area contributed by atoms with Crippen LogP contribution < -0.4 is 14.8 Å². The molecule has 2 N–H and O–H groups in total. The normalized spacial score (nSPS) is 14.2. The Morgan fingerprint density at radius 3 is 2.73 bits per heavy atom. The minimum Gasteiger partial charge on any atom is -0.494 e. The summed E-state index contributed by atoms with van der Waals surface area (Å²) in [6, 6.07) is 16.1. The largest absolute Gasteiger partial charge is 0.494 e. The summed E-state index contributed by atoms with van der Waals surface area (Å²) in [7, 11) is 1.87. The van der Waals surface area contributed by atoms with Crippen molar-refractivity contribution in [1.29, 1.82) is 0 Å². The Balaban J connectivity index is 1.16. The smallest absolute Gasteiger partial charge is 0.254 e. The van der Waals surface area contributed by atoms with Crippen LogP contribution in [0.25, 0.3) is 0 Å². The molecule has 0 aliphatic carbocycles. The van der Waals surface area contributed by atoms with Crippen LogP contribution in [0.1, 0.15) is 31.2 Å². The van der Waals surface area contributed by atoms with Gasteiger partial charge in [0.05, 0.1) is 6.61 Å². The third-order valence-corrected chi connectivity index (χ3v) is 6.51. The number of rotatable bonds is 11. The van der Waals surface area contributed by atoms with Crippen LogP contribution in [-0.4, -0.2) is 45.9 Å². The van der Waals surface area contributed by atoms with Crippen molar-refractivity contribution in [3.8, 4) is 5.75 Å². The molecule has 7 nitrogen and oxygen atoms in total. The van der Waals surface area contributed by atoms with Gasteiger partial charge in [-0.25, -0.2) is 4.68 Å². The monoisotopic (exact) mass is 486 g/mol. The predicted octanol–water partition coefficient (Wildman–Crippen LogP) is 5.45. The van der Waals surface area contributed by atoms with Gasteiger partial charge in [-0.15, -0.1) is 5.10 Å². The molecule has 1 aliphatic rings. The first-order valence-corrected chi connectivity index (χ1v) is 12.6. The Kier molecular flexibility index (Phi) is 8.74. The number of halogens is 1. The third-order valence-electron chi connectivity index (χ3n) is 5.46. The molecule has 4 rings (SSSR count). The molecule has 9 heteroatoms. The maximum absolute atomic E-state index is 5.98. The highest BCUT2D eigenvalue weighted by molar-refractivity contribution is 8.00. The van der Waals surface area contributed by atoms with E-state index in [0.717, 1.165) is 41.1 Å². The van der Waals surface area contributed by atoms with Gasteiger partial charge in [0, 0.05) is 30.1 Å². The Bertz CT molecular complexity index is 1010. The minimum atomic E-state index is 0.557. The standard InChI is InChI=1S/C24H31ClN6OS/c1-30-24(27-23(28-30)29-33-22-11-9-20(25)10-12-22)26-13-6-16-32-21-8-5-7-19(17-21)18-31-14-3-2-4-15-31/h5,7-12,17H,2-4,6,13-16,18H2,1H3,(H2,26,27,28,29). The number of piperidine rings is 1. The number of ether oxygens (including phenoxy) is 1. The molecule has 3 aromatic rings. The molecule has 0 radical (unpaired) electrons. The van der Waals surface area contributed by atoms with Gasteiger partial charge in [-0.2, -0.15) is 4.98 Å². The molecule has 176 valence electrons. The summed E-state index contributed by atoms with van der Waals surface area (Å²) in [5.74, 6) is 2.22. The van der Waals surface area contributed by atoms with Crippen molar-refractivity contribution in [2.45, 2.75) is 37.1 Å². The van der Waals surface area contributed by atoms with E-state index in [1.165, 1.54) is 49.9 Å². The van der Waals surface area contributed by atoms with E-state index in [1.54, 1.807) is 4.68 Å². The van der Waals surface area contributed by atoms with E-state index in [9.17, 15) is 0 Å². The Hall–Kier alpha value is -2.42. The number of aryl methyl sites for hydroxylation is 1. The van der Waals surface area contributed by atoms with Crippen LogP contribution in [-0.2, 0) is 13.6 Å². The number of hydrogen-bond donors (Lipinski definition) is 2. The highest BCUT2D eigenvalue weighted by Crippen LogP contribution is 2.22. The van der Waals surface area contributed by atoms with Crippen molar-refractivity contribution in [2.75, 3.05) is 36.3 Å². The fourth-order valence-electron chi connectivity index (χ4n) is 3.76. The summed E-state index contributed by atoms with van der Waals surface area (Å²) in [6.07, 6.45) is 4.86. The Morgan fingerprint density at radius 2 is 1.91 bits per heavy atom. The molecular weight excluding hydrogens is 456 g/mol. The number of nitrogens with one attached hydrogen (secondary N) is 2. The molecule has 1 aliphatic heterocycles. The van der Waals surface area contributed by atoms with Crippen LogP contribution in [0.3, 0.4) is 0 Å². The van der Waals surface area contributed by atoms with Crippen molar-refractivity contribution in [1.82, 2.24) is 19.7 Å². The first-order valence-electron chi connectivity index (χ1n) is 11.4. The van der Waals surface area contributed by atoms with Crippen LogP contribution in [0, 0.1) is 0 Å². The van der Waals surface area contributed by atoms with Gasteiger partial charge >= 0.3 is 0 Å². The molecule has 0 unspecified atom stereocenters. The second-order valence-corrected chi connectivity index (χ2v) is 9.47. The van der Waals surface area contributed by atoms with E-state index >= 15 is 0 Å². The van der Waals surface area contributed by atoms with Crippen LogP contribution in [0.5, 0.6) is 5.75 Å². The number of nitrogens with zero attached hydrogens (tertiary/aromatic N) is 4. The van der Waals surface area contributed by atoms with Crippen molar-refractivity contribution in [3.63, 3.8) is 0 Å². The Morgan fingerprint density at radius 1 is 1.09 bits per heavy atom. The third kappa shape index (κ3) is 7.55. The quantitative estimate of drug-likeness (QED) is 0.275. The molecule has 0 saturated carbocycles. The molecule has 0 atom stereocenters. The molecule has 1 fully saturated rings. The van der Waals surface area contributed by atoms with E-state index in [2.05, 4.69) is 43.2 Å². The van der Waals surface area contributed by atoms with Crippen LogP contribution in [0.2, 0.25) is 5.02 Å². The summed E-state index contributed by atoms with van der Waals surface area (Å²) in [5, 5.41) is 8.44. The highest BCUT2D eigenvalue weighted by Gasteiger charge is 2.11. The number of anilines is 2. The lowest BCUT2D eigenvalue weighted by Gasteiger charge is -2.26. The minimum absolute atomic E-state index is 0.557. The maximum Gasteiger partial charge on any atom is 0.254 e. The van der Waals surface area contributed by atoms with Crippen molar-refractivity contribution in [3.05, 3.63) is 59.1 Å². The number of hydrogen-bond acceptors (Lipinski definition) is 7. The second-order valence-electron chi connectivity index (χ2n) is 8.15. The van der Waals surface area contributed by atoms with Gasteiger partial charge in [0.15, 0.2) is 0 Å². The van der Waals surface area contributed by atoms with Crippen molar-refractivity contribution >= 4 is 35.4 Å². The van der Waals surface area contributed by atoms with Gasteiger partial charge in [-0.3, -0.25) is 9.62 Å². The maximum atomic E-state index is 5.98. The topological polar surface area (TPSA) is 67.2 Å².